The fraction of sp³-hybridized carbons (Fsp3) is 0.857. The highest BCUT2D eigenvalue weighted by molar-refractivity contribution is 8.00. The quantitative estimate of drug-likeness (QED) is 0.383. The summed E-state index contributed by atoms with van der Waals surface area (Å²) in [7, 11) is 0. The summed E-state index contributed by atoms with van der Waals surface area (Å²) in [5.41, 5.74) is 4.68. The number of thioether (sulfide) groups is 1. The van der Waals surface area contributed by atoms with E-state index in [1.165, 1.54) is 11.8 Å². The van der Waals surface area contributed by atoms with Crippen LogP contribution in [0.2, 0.25) is 0 Å². The number of rotatable bonds is 5. The standard InChI is InChI=1S/C28H45NO5S/c1-6-26(4)14-22(34-23(32)15-35-21-13-18(29)7-8-19(21)30)27(5)16(2)9-11-28(17(3)25(26)33)12-10-20(31)24(27)28/h6,16-19,21-22,24-25,30,33H,1,7-15,29H2,2-5H3/t16-,17+,18-,19+,21+,22-,24+,25+,26-,27+,28+/m1/s1. The predicted molar refractivity (Wildman–Crippen MR) is 139 cm³/mol. The van der Waals surface area contributed by atoms with Crippen LogP contribution >= 0.6 is 11.8 Å². The second kappa shape index (κ2) is 9.77. The van der Waals surface area contributed by atoms with Gasteiger partial charge in [0.15, 0.2) is 0 Å². The van der Waals surface area contributed by atoms with Crippen LogP contribution in [0.15, 0.2) is 12.7 Å². The molecule has 0 saturated heterocycles. The number of aliphatic hydroxyl groups is 2. The molecule has 198 valence electrons. The maximum Gasteiger partial charge on any atom is 0.316 e. The van der Waals surface area contributed by atoms with Gasteiger partial charge in [0.25, 0.3) is 0 Å². The SMILES string of the molecule is C=C[C@]1(C)C[C@@H](OC(=O)CS[C@H]2C[C@H](N)CC[C@@H]2O)[C@]2(C)[C@H](C)CC[C@]3(CCC(=O)[C@H]32)[C@@H](C)[C@@H]1O. The van der Waals surface area contributed by atoms with Crippen LogP contribution in [0.25, 0.3) is 0 Å². The minimum Gasteiger partial charge on any atom is -0.461 e. The van der Waals surface area contributed by atoms with Crippen molar-refractivity contribution in [2.24, 2.45) is 39.7 Å². The smallest absolute Gasteiger partial charge is 0.316 e. The Balaban J connectivity index is 1.63. The Morgan fingerprint density at radius 3 is 2.63 bits per heavy atom. The van der Waals surface area contributed by atoms with Crippen molar-refractivity contribution in [1.29, 1.82) is 0 Å². The lowest BCUT2D eigenvalue weighted by atomic mass is 9.44. The Hall–Kier alpha value is -0.890. The molecule has 7 heteroatoms. The van der Waals surface area contributed by atoms with Crippen LogP contribution < -0.4 is 5.73 Å². The number of ether oxygens (including phenoxy) is 1. The number of Topliss-reactive ketones (excluding diaryl/α,β-unsaturated/α-hetero) is 1. The zero-order valence-electron chi connectivity index (χ0n) is 21.9. The minimum absolute atomic E-state index is 0.0435. The average Bonchev–Trinajstić information content (AvgIpc) is 3.18. The molecule has 6 nitrogen and oxygen atoms in total. The molecule has 4 rings (SSSR count). The molecule has 0 amide bonds. The van der Waals surface area contributed by atoms with Crippen molar-refractivity contribution in [3.8, 4) is 0 Å². The lowest BCUT2D eigenvalue weighted by Gasteiger charge is -2.61. The van der Waals surface area contributed by atoms with Gasteiger partial charge < -0.3 is 20.7 Å². The number of nitrogens with two attached hydrogens (primary N) is 1. The van der Waals surface area contributed by atoms with Crippen molar-refractivity contribution in [2.75, 3.05) is 5.75 Å². The van der Waals surface area contributed by atoms with Crippen LogP contribution in [-0.2, 0) is 14.3 Å². The lowest BCUT2D eigenvalue weighted by Crippen LogP contribution is -2.63. The van der Waals surface area contributed by atoms with Crippen LogP contribution in [0.1, 0.15) is 79.1 Å². The summed E-state index contributed by atoms with van der Waals surface area (Å²) in [6.07, 6.45) is 5.99. The molecule has 35 heavy (non-hydrogen) atoms. The maximum absolute atomic E-state index is 13.5. The Bertz CT molecular complexity index is 851. The van der Waals surface area contributed by atoms with Crippen LogP contribution in [0, 0.1) is 34.0 Å². The summed E-state index contributed by atoms with van der Waals surface area (Å²) in [6, 6.07) is 0.0535. The molecule has 11 atom stereocenters. The van der Waals surface area contributed by atoms with Gasteiger partial charge in [-0.3, -0.25) is 9.59 Å². The molecule has 0 aromatic heterocycles. The molecule has 4 aliphatic carbocycles. The number of hydrogen-bond donors (Lipinski definition) is 3. The van der Waals surface area contributed by atoms with E-state index >= 15 is 0 Å². The Labute approximate surface area is 214 Å². The van der Waals surface area contributed by atoms with Gasteiger partial charge in [-0.05, 0) is 62.2 Å². The van der Waals surface area contributed by atoms with Gasteiger partial charge in [-0.1, -0.05) is 33.8 Å². The zero-order chi connectivity index (χ0) is 25.8. The number of aliphatic hydroxyl groups excluding tert-OH is 2. The summed E-state index contributed by atoms with van der Waals surface area (Å²) >= 11 is 1.42. The number of esters is 1. The average molecular weight is 508 g/mol. The van der Waals surface area contributed by atoms with Crippen molar-refractivity contribution in [3.05, 3.63) is 12.7 Å². The van der Waals surface area contributed by atoms with Crippen molar-refractivity contribution < 1.29 is 24.5 Å². The number of hydrogen-bond acceptors (Lipinski definition) is 7. The molecular weight excluding hydrogens is 462 g/mol. The largest absolute Gasteiger partial charge is 0.461 e. The molecule has 0 unspecified atom stereocenters. The van der Waals surface area contributed by atoms with E-state index < -0.39 is 29.1 Å². The van der Waals surface area contributed by atoms with Gasteiger partial charge in [0.05, 0.1) is 18.0 Å². The summed E-state index contributed by atoms with van der Waals surface area (Å²) in [6.45, 7) is 12.5. The fourth-order valence-corrected chi connectivity index (χ4v) is 9.35. The van der Waals surface area contributed by atoms with E-state index in [1.54, 1.807) is 0 Å². The molecule has 4 N–H and O–H groups in total. The summed E-state index contributed by atoms with van der Waals surface area (Å²) in [4.78, 5) is 26.7. The molecule has 4 fully saturated rings. The van der Waals surface area contributed by atoms with E-state index in [0.29, 0.717) is 25.7 Å². The van der Waals surface area contributed by atoms with Gasteiger partial charge >= 0.3 is 5.97 Å². The highest BCUT2D eigenvalue weighted by Gasteiger charge is 2.68. The van der Waals surface area contributed by atoms with E-state index in [-0.39, 0.29) is 52.0 Å². The van der Waals surface area contributed by atoms with Crippen LogP contribution in [-0.4, -0.2) is 57.3 Å². The first kappa shape index (κ1) is 27.2. The predicted octanol–water partition coefficient (Wildman–Crippen LogP) is 3.87. The molecule has 0 radical (unpaired) electrons. The van der Waals surface area contributed by atoms with Crippen molar-refractivity contribution in [1.82, 2.24) is 0 Å². The lowest BCUT2D eigenvalue weighted by molar-refractivity contribution is -0.205. The fourth-order valence-electron chi connectivity index (χ4n) is 8.19. The number of ketones is 1. The Morgan fingerprint density at radius 1 is 1.23 bits per heavy atom. The number of carbonyl (C=O) groups excluding carboxylic acids is 2. The zero-order valence-corrected chi connectivity index (χ0v) is 22.7. The second-order valence-electron chi connectivity index (χ2n) is 12.6. The molecule has 4 aliphatic rings. The van der Waals surface area contributed by atoms with E-state index in [0.717, 1.165) is 25.7 Å². The topological polar surface area (TPSA) is 110 Å². The van der Waals surface area contributed by atoms with Gasteiger partial charge in [0.1, 0.15) is 11.9 Å². The third-order valence-electron chi connectivity index (χ3n) is 10.8. The number of carbonyl (C=O) groups is 2. The minimum atomic E-state index is -0.666. The van der Waals surface area contributed by atoms with E-state index in [2.05, 4.69) is 27.4 Å². The molecule has 0 aliphatic heterocycles. The summed E-state index contributed by atoms with van der Waals surface area (Å²) in [5, 5.41) is 21.9. The van der Waals surface area contributed by atoms with Gasteiger partial charge in [-0.2, -0.15) is 0 Å². The monoisotopic (exact) mass is 507 g/mol. The Morgan fingerprint density at radius 2 is 1.94 bits per heavy atom. The van der Waals surface area contributed by atoms with Crippen molar-refractivity contribution in [2.45, 2.75) is 109 Å². The van der Waals surface area contributed by atoms with E-state index in [4.69, 9.17) is 10.5 Å². The Kier molecular flexibility index (Phi) is 7.58. The second-order valence-corrected chi connectivity index (χ2v) is 13.8. The van der Waals surface area contributed by atoms with Gasteiger partial charge in [-0.15, -0.1) is 18.3 Å². The molecule has 2 bridgehead atoms. The first-order valence-corrected chi connectivity index (χ1v) is 14.5. The van der Waals surface area contributed by atoms with Gasteiger partial charge in [-0.25, -0.2) is 0 Å². The third-order valence-corrected chi connectivity index (χ3v) is 12.1. The molecule has 0 heterocycles. The normalized spacial score (nSPS) is 50.1. The highest BCUT2D eigenvalue weighted by atomic mass is 32.2. The van der Waals surface area contributed by atoms with Gasteiger partial charge in [0, 0.05) is 34.5 Å². The maximum atomic E-state index is 13.5. The van der Waals surface area contributed by atoms with Crippen molar-refractivity contribution in [3.63, 3.8) is 0 Å². The summed E-state index contributed by atoms with van der Waals surface area (Å²) < 4.78 is 6.29. The molecule has 0 aromatic carbocycles. The van der Waals surface area contributed by atoms with Gasteiger partial charge in [0.2, 0.25) is 0 Å². The first-order chi connectivity index (χ1) is 16.4. The van der Waals surface area contributed by atoms with E-state index in [1.807, 2.05) is 13.0 Å². The summed E-state index contributed by atoms with van der Waals surface area (Å²) in [5.74, 6) is 0.0243. The first-order valence-electron chi connectivity index (χ1n) is 13.5. The van der Waals surface area contributed by atoms with E-state index in [9.17, 15) is 19.8 Å². The van der Waals surface area contributed by atoms with Crippen LogP contribution in [0.5, 0.6) is 0 Å². The molecule has 0 spiro atoms. The molecule has 0 aromatic rings. The van der Waals surface area contributed by atoms with Crippen molar-refractivity contribution >= 4 is 23.5 Å². The van der Waals surface area contributed by atoms with Crippen LogP contribution in [0.4, 0.5) is 0 Å². The molecular formula is C28H45NO5S. The highest BCUT2D eigenvalue weighted by Crippen LogP contribution is 2.68. The van der Waals surface area contributed by atoms with Crippen LogP contribution in [0.3, 0.4) is 0 Å². The third kappa shape index (κ3) is 4.42. The molecule has 4 saturated carbocycles.